The molecule has 3 nitrogen and oxygen atoms in total. The monoisotopic (exact) mass is 351 g/mol. The average Bonchev–Trinajstić information content (AvgIpc) is 2.85. The quantitative estimate of drug-likeness (QED) is 0.889. The molecule has 1 aromatic rings. The van der Waals surface area contributed by atoms with E-state index in [0.29, 0.717) is 17.4 Å². The molecule has 1 unspecified atom stereocenters. The molecule has 1 aliphatic heterocycles. The van der Waals surface area contributed by atoms with Gasteiger partial charge in [0.15, 0.2) is 0 Å². The Morgan fingerprint density at radius 1 is 1.45 bits per heavy atom. The van der Waals surface area contributed by atoms with E-state index in [1.807, 2.05) is 0 Å². The van der Waals surface area contributed by atoms with Gasteiger partial charge in [-0.2, -0.15) is 13.2 Å². The molecule has 0 bridgehead atoms. The second-order valence-electron chi connectivity index (χ2n) is 4.67. The minimum Gasteiger partial charge on any atom is -0.394 e. The molecule has 1 amide bonds. The van der Waals surface area contributed by atoms with Crippen molar-refractivity contribution in [3.8, 4) is 0 Å². The number of rotatable bonds is 2. The molecule has 0 aromatic heterocycles. The van der Waals surface area contributed by atoms with Gasteiger partial charge in [0.05, 0.1) is 23.8 Å². The minimum atomic E-state index is -4.49. The summed E-state index contributed by atoms with van der Waals surface area (Å²) in [6.07, 6.45) is -3.08. The van der Waals surface area contributed by atoms with Crippen LogP contribution in [0.25, 0.3) is 0 Å². The molecule has 1 N–H and O–H groups in total. The number of hydrogen-bond acceptors (Lipinski definition) is 2. The largest absolute Gasteiger partial charge is 0.416 e. The smallest absolute Gasteiger partial charge is 0.394 e. The Morgan fingerprint density at radius 3 is 2.75 bits per heavy atom. The first-order valence-corrected chi connectivity index (χ1v) is 6.92. The predicted molar refractivity (Wildman–Crippen MR) is 70.3 cm³/mol. The number of halogens is 4. The number of aliphatic hydroxyl groups is 1. The van der Waals surface area contributed by atoms with Gasteiger partial charge < -0.3 is 10.0 Å². The van der Waals surface area contributed by atoms with Crippen LogP contribution in [0.4, 0.5) is 13.2 Å². The summed E-state index contributed by atoms with van der Waals surface area (Å²) in [7, 11) is 0. The van der Waals surface area contributed by atoms with Crippen LogP contribution in [0.5, 0.6) is 0 Å². The summed E-state index contributed by atoms with van der Waals surface area (Å²) < 4.78 is 38.4. The molecule has 0 spiro atoms. The van der Waals surface area contributed by atoms with Crippen LogP contribution in [0.3, 0.4) is 0 Å². The fourth-order valence-corrected chi connectivity index (χ4v) is 2.73. The van der Waals surface area contributed by atoms with E-state index in [-0.39, 0.29) is 18.2 Å². The number of likely N-dealkylation sites (tertiary alicyclic amines) is 1. The fourth-order valence-electron chi connectivity index (χ4n) is 2.31. The summed E-state index contributed by atoms with van der Waals surface area (Å²) in [6.45, 7) is 0.273. The van der Waals surface area contributed by atoms with Gasteiger partial charge in [-0.3, -0.25) is 4.79 Å². The van der Waals surface area contributed by atoms with Crippen LogP contribution >= 0.6 is 15.9 Å². The molecule has 7 heteroatoms. The maximum atomic E-state index is 12.7. The van der Waals surface area contributed by atoms with Crippen LogP contribution in [0, 0.1) is 0 Å². The molecule has 1 aromatic carbocycles. The summed E-state index contributed by atoms with van der Waals surface area (Å²) in [4.78, 5) is 13.8. The lowest BCUT2D eigenvalue weighted by atomic mass is 10.1. The Balaban J connectivity index is 2.34. The van der Waals surface area contributed by atoms with Crippen molar-refractivity contribution in [1.29, 1.82) is 0 Å². The lowest BCUT2D eigenvalue weighted by Crippen LogP contribution is -2.37. The number of amides is 1. The van der Waals surface area contributed by atoms with E-state index in [2.05, 4.69) is 15.9 Å². The Kier molecular flexibility index (Phi) is 4.39. The number of hydrogen-bond donors (Lipinski definition) is 1. The Labute approximate surface area is 122 Å². The van der Waals surface area contributed by atoms with Gasteiger partial charge in [-0.15, -0.1) is 0 Å². The molecule has 2 rings (SSSR count). The van der Waals surface area contributed by atoms with Crippen LogP contribution < -0.4 is 0 Å². The van der Waals surface area contributed by atoms with Crippen molar-refractivity contribution in [2.75, 3.05) is 13.2 Å². The van der Waals surface area contributed by atoms with Crippen LogP contribution in [0.2, 0.25) is 0 Å². The van der Waals surface area contributed by atoms with Gasteiger partial charge in [-0.1, -0.05) is 0 Å². The van der Waals surface area contributed by atoms with Crippen molar-refractivity contribution in [3.05, 3.63) is 33.8 Å². The van der Waals surface area contributed by atoms with Gasteiger partial charge in [0.25, 0.3) is 5.91 Å². The summed E-state index contributed by atoms with van der Waals surface area (Å²) in [5.74, 6) is -0.487. The molecule has 0 radical (unpaired) electrons. The van der Waals surface area contributed by atoms with Gasteiger partial charge in [-0.05, 0) is 47.0 Å². The van der Waals surface area contributed by atoms with Crippen molar-refractivity contribution in [3.63, 3.8) is 0 Å². The highest BCUT2D eigenvalue weighted by atomic mass is 79.9. The average molecular weight is 352 g/mol. The van der Waals surface area contributed by atoms with Crippen molar-refractivity contribution in [1.82, 2.24) is 4.90 Å². The second kappa shape index (κ2) is 5.73. The van der Waals surface area contributed by atoms with E-state index in [1.165, 1.54) is 11.0 Å². The van der Waals surface area contributed by atoms with Crippen molar-refractivity contribution < 1.29 is 23.1 Å². The molecule has 1 heterocycles. The topological polar surface area (TPSA) is 40.5 Å². The molecule has 1 fully saturated rings. The van der Waals surface area contributed by atoms with Crippen molar-refractivity contribution in [2.45, 2.75) is 25.1 Å². The first-order chi connectivity index (χ1) is 9.34. The maximum Gasteiger partial charge on any atom is 0.416 e. The highest BCUT2D eigenvalue weighted by molar-refractivity contribution is 9.10. The Hall–Kier alpha value is -1.08. The first-order valence-electron chi connectivity index (χ1n) is 6.13. The predicted octanol–water partition coefficient (Wildman–Crippen LogP) is 3.06. The highest BCUT2D eigenvalue weighted by Gasteiger charge is 2.34. The molecular formula is C13H13BrF3NO2. The van der Waals surface area contributed by atoms with Gasteiger partial charge in [-0.25, -0.2) is 0 Å². The standard InChI is InChI=1S/C13H13BrF3NO2/c14-11-4-3-8(13(15,16)17)6-10(11)12(20)18-5-1-2-9(18)7-19/h3-4,6,9,19H,1-2,5,7H2. The number of aliphatic hydroxyl groups excluding tert-OH is 1. The molecule has 20 heavy (non-hydrogen) atoms. The number of nitrogens with zero attached hydrogens (tertiary/aromatic N) is 1. The zero-order valence-electron chi connectivity index (χ0n) is 10.5. The molecule has 1 aliphatic rings. The van der Waals surface area contributed by atoms with Crippen LogP contribution in [0.1, 0.15) is 28.8 Å². The fraction of sp³-hybridized carbons (Fsp3) is 0.462. The summed E-state index contributed by atoms with van der Waals surface area (Å²) >= 11 is 3.11. The normalized spacial score (nSPS) is 19.4. The Morgan fingerprint density at radius 2 is 2.15 bits per heavy atom. The van der Waals surface area contributed by atoms with Crippen LogP contribution in [-0.2, 0) is 6.18 Å². The van der Waals surface area contributed by atoms with Gasteiger partial charge in [0.2, 0.25) is 0 Å². The SMILES string of the molecule is O=C(c1cc(C(F)(F)F)ccc1Br)N1CCCC1CO. The minimum absolute atomic E-state index is 0.0276. The zero-order valence-corrected chi connectivity index (χ0v) is 12.0. The highest BCUT2D eigenvalue weighted by Crippen LogP contribution is 2.33. The van der Waals surface area contributed by atoms with Crippen molar-refractivity contribution >= 4 is 21.8 Å². The third kappa shape index (κ3) is 2.98. The molecule has 110 valence electrons. The van der Waals surface area contributed by atoms with Gasteiger partial charge in [0.1, 0.15) is 0 Å². The summed E-state index contributed by atoms with van der Waals surface area (Å²) in [5.41, 5.74) is -0.885. The molecule has 1 atom stereocenters. The van der Waals surface area contributed by atoms with E-state index in [9.17, 15) is 23.1 Å². The molecule has 1 saturated heterocycles. The summed E-state index contributed by atoms with van der Waals surface area (Å²) in [6, 6.07) is 2.68. The molecule has 0 aliphatic carbocycles. The van der Waals surface area contributed by atoms with Crippen LogP contribution in [0.15, 0.2) is 22.7 Å². The molecule has 0 saturated carbocycles. The molecular weight excluding hydrogens is 339 g/mol. The lowest BCUT2D eigenvalue weighted by molar-refractivity contribution is -0.137. The number of alkyl halides is 3. The van der Waals surface area contributed by atoms with Crippen molar-refractivity contribution in [2.24, 2.45) is 0 Å². The zero-order chi connectivity index (χ0) is 14.9. The first kappa shape index (κ1) is 15.3. The van der Waals surface area contributed by atoms with E-state index in [1.54, 1.807) is 0 Å². The van der Waals surface area contributed by atoms with Gasteiger partial charge in [0, 0.05) is 11.0 Å². The second-order valence-corrected chi connectivity index (χ2v) is 5.52. The van der Waals surface area contributed by atoms with E-state index in [4.69, 9.17) is 0 Å². The summed E-state index contributed by atoms with van der Waals surface area (Å²) in [5, 5.41) is 9.20. The number of benzene rings is 1. The number of carbonyl (C=O) groups is 1. The van der Waals surface area contributed by atoms with E-state index < -0.39 is 17.6 Å². The van der Waals surface area contributed by atoms with E-state index >= 15 is 0 Å². The maximum absolute atomic E-state index is 12.7. The number of carbonyl (C=O) groups excluding carboxylic acids is 1. The lowest BCUT2D eigenvalue weighted by Gasteiger charge is -2.24. The third-order valence-corrected chi connectivity index (χ3v) is 4.06. The van der Waals surface area contributed by atoms with Gasteiger partial charge >= 0.3 is 6.18 Å². The third-order valence-electron chi connectivity index (χ3n) is 3.37. The Bertz CT molecular complexity index is 519. The van der Waals surface area contributed by atoms with Crippen LogP contribution in [-0.4, -0.2) is 35.1 Å². The van der Waals surface area contributed by atoms with E-state index in [0.717, 1.165) is 18.6 Å².